The molecule has 0 aliphatic rings. The molecule has 0 aliphatic carbocycles. The monoisotopic (exact) mass is 340 g/mol. The number of nitrogens with one attached hydrogen (secondary N) is 2. The van der Waals surface area contributed by atoms with Gasteiger partial charge in [0.15, 0.2) is 0 Å². The zero-order valence-corrected chi connectivity index (χ0v) is 14.3. The zero-order valence-electron chi connectivity index (χ0n) is 13.6. The summed E-state index contributed by atoms with van der Waals surface area (Å²) >= 11 is 5.77. The Hall–Kier alpha value is -1.59. The van der Waals surface area contributed by atoms with Gasteiger partial charge in [-0.1, -0.05) is 24.9 Å². The highest BCUT2D eigenvalue weighted by Crippen LogP contribution is 2.13. The van der Waals surface area contributed by atoms with Crippen molar-refractivity contribution < 1.29 is 14.3 Å². The number of ether oxygens (including phenoxy) is 1. The normalized spacial score (nSPS) is 10.3. The third-order valence-corrected chi connectivity index (χ3v) is 3.39. The minimum Gasteiger partial charge on any atom is -0.381 e. The highest BCUT2D eigenvalue weighted by atomic mass is 35.5. The molecular weight excluding hydrogens is 316 g/mol. The summed E-state index contributed by atoms with van der Waals surface area (Å²) in [5.41, 5.74) is 0.670. The Kier molecular flexibility index (Phi) is 10.1. The van der Waals surface area contributed by atoms with E-state index in [1.54, 1.807) is 24.3 Å². The SMILES string of the molecule is CCCCOCCCNC(=O)CCC(=O)Nc1ccc(Cl)cc1. The van der Waals surface area contributed by atoms with Crippen LogP contribution in [0, 0.1) is 0 Å². The molecule has 1 aromatic carbocycles. The molecule has 2 N–H and O–H groups in total. The van der Waals surface area contributed by atoms with E-state index in [1.807, 2.05) is 0 Å². The maximum atomic E-state index is 11.7. The molecule has 5 nitrogen and oxygen atoms in total. The van der Waals surface area contributed by atoms with Crippen LogP contribution in [0.2, 0.25) is 5.02 Å². The van der Waals surface area contributed by atoms with Gasteiger partial charge < -0.3 is 15.4 Å². The van der Waals surface area contributed by atoms with Crippen molar-refractivity contribution in [2.75, 3.05) is 25.1 Å². The summed E-state index contributed by atoms with van der Waals surface area (Å²) in [4.78, 5) is 23.4. The summed E-state index contributed by atoms with van der Waals surface area (Å²) in [7, 11) is 0. The van der Waals surface area contributed by atoms with E-state index in [0.717, 1.165) is 25.9 Å². The molecule has 0 spiro atoms. The van der Waals surface area contributed by atoms with Gasteiger partial charge in [-0.15, -0.1) is 0 Å². The number of hydrogen-bond donors (Lipinski definition) is 2. The number of carbonyl (C=O) groups is 2. The number of halogens is 1. The summed E-state index contributed by atoms with van der Waals surface area (Å²) in [6, 6.07) is 6.84. The minimum absolute atomic E-state index is 0.121. The zero-order chi connectivity index (χ0) is 16.9. The summed E-state index contributed by atoms with van der Waals surface area (Å²) in [6.07, 6.45) is 3.30. The largest absolute Gasteiger partial charge is 0.381 e. The van der Waals surface area contributed by atoms with E-state index in [9.17, 15) is 9.59 Å². The first-order chi connectivity index (χ1) is 11.1. The van der Waals surface area contributed by atoms with Crippen LogP contribution in [0.25, 0.3) is 0 Å². The van der Waals surface area contributed by atoms with E-state index in [1.165, 1.54) is 0 Å². The van der Waals surface area contributed by atoms with Gasteiger partial charge in [-0.25, -0.2) is 0 Å². The lowest BCUT2D eigenvalue weighted by atomic mass is 10.2. The molecule has 2 amide bonds. The molecule has 0 fully saturated rings. The van der Waals surface area contributed by atoms with Crippen molar-refractivity contribution in [1.82, 2.24) is 5.32 Å². The standard InChI is InChI=1S/C17H25ClN2O3/c1-2-3-12-23-13-4-11-19-16(21)9-10-17(22)20-15-7-5-14(18)6-8-15/h5-8H,2-4,9-13H2,1H3,(H,19,21)(H,20,22). The fourth-order valence-corrected chi connectivity index (χ4v) is 1.95. The van der Waals surface area contributed by atoms with Crippen LogP contribution in [-0.4, -0.2) is 31.6 Å². The molecule has 23 heavy (non-hydrogen) atoms. The summed E-state index contributed by atoms with van der Waals surface area (Å²) in [5.74, 6) is -0.310. The predicted octanol–water partition coefficient (Wildman–Crippen LogP) is 3.38. The van der Waals surface area contributed by atoms with E-state index in [2.05, 4.69) is 17.6 Å². The van der Waals surface area contributed by atoms with Crippen LogP contribution in [0.1, 0.15) is 39.0 Å². The molecule has 0 saturated heterocycles. The molecule has 6 heteroatoms. The van der Waals surface area contributed by atoms with Crippen molar-refractivity contribution in [3.63, 3.8) is 0 Å². The molecule has 0 unspecified atom stereocenters. The second-order valence-electron chi connectivity index (χ2n) is 5.22. The first kappa shape index (κ1) is 19.5. The van der Waals surface area contributed by atoms with Gasteiger partial charge in [0.1, 0.15) is 0 Å². The number of unbranched alkanes of at least 4 members (excludes halogenated alkanes) is 1. The average Bonchev–Trinajstić information content (AvgIpc) is 2.54. The fourth-order valence-electron chi connectivity index (χ4n) is 1.82. The molecule has 128 valence electrons. The van der Waals surface area contributed by atoms with E-state index in [4.69, 9.17) is 16.3 Å². The van der Waals surface area contributed by atoms with Crippen molar-refractivity contribution in [3.8, 4) is 0 Å². The Morgan fingerprint density at radius 1 is 1.04 bits per heavy atom. The third-order valence-electron chi connectivity index (χ3n) is 3.14. The molecule has 0 aromatic heterocycles. The third kappa shape index (κ3) is 9.92. The van der Waals surface area contributed by atoms with Crippen molar-refractivity contribution in [2.24, 2.45) is 0 Å². The van der Waals surface area contributed by atoms with Gasteiger partial charge >= 0.3 is 0 Å². The molecule has 0 bridgehead atoms. The number of carbonyl (C=O) groups excluding carboxylic acids is 2. The first-order valence-electron chi connectivity index (χ1n) is 8.01. The average molecular weight is 341 g/mol. The fraction of sp³-hybridized carbons (Fsp3) is 0.529. The second kappa shape index (κ2) is 11.9. The summed E-state index contributed by atoms with van der Waals surface area (Å²) in [6.45, 7) is 4.11. The molecule has 0 aliphatic heterocycles. The highest BCUT2D eigenvalue weighted by Gasteiger charge is 2.07. The van der Waals surface area contributed by atoms with Crippen molar-refractivity contribution >= 4 is 29.1 Å². The summed E-state index contributed by atoms with van der Waals surface area (Å²) in [5, 5.41) is 6.12. The molecule has 0 heterocycles. The Labute approximate surface area is 142 Å². The maximum absolute atomic E-state index is 11.7. The lowest BCUT2D eigenvalue weighted by Crippen LogP contribution is -2.26. The number of anilines is 1. The number of rotatable bonds is 11. The molecular formula is C17H25ClN2O3. The van der Waals surface area contributed by atoms with Crippen molar-refractivity contribution in [2.45, 2.75) is 39.0 Å². The van der Waals surface area contributed by atoms with Crippen LogP contribution in [0.15, 0.2) is 24.3 Å². The molecule has 0 saturated carbocycles. The van der Waals surface area contributed by atoms with Crippen LogP contribution in [0.3, 0.4) is 0 Å². The van der Waals surface area contributed by atoms with E-state index in [-0.39, 0.29) is 24.7 Å². The van der Waals surface area contributed by atoms with Gasteiger partial charge in [0.2, 0.25) is 11.8 Å². The Balaban J connectivity index is 2.06. The second-order valence-corrected chi connectivity index (χ2v) is 5.66. The topological polar surface area (TPSA) is 67.4 Å². The highest BCUT2D eigenvalue weighted by molar-refractivity contribution is 6.30. The quantitative estimate of drug-likeness (QED) is 0.607. The summed E-state index contributed by atoms with van der Waals surface area (Å²) < 4.78 is 5.40. The van der Waals surface area contributed by atoms with Crippen molar-refractivity contribution in [3.05, 3.63) is 29.3 Å². The lowest BCUT2D eigenvalue weighted by molar-refractivity contribution is -0.124. The minimum atomic E-state index is -0.189. The van der Waals surface area contributed by atoms with Crippen LogP contribution in [0.5, 0.6) is 0 Å². The molecule has 0 radical (unpaired) electrons. The van der Waals surface area contributed by atoms with Gasteiger partial charge in [0.25, 0.3) is 0 Å². The van der Waals surface area contributed by atoms with Gasteiger partial charge in [-0.3, -0.25) is 9.59 Å². The van der Waals surface area contributed by atoms with E-state index in [0.29, 0.717) is 23.9 Å². The lowest BCUT2D eigenvalue weighted by Gasteiger charge is -2.07. The van der Waals surface area contributed by atoms with E-state index < -0.39 is 0 Å². The van der Waals surface area contributed by atoms with Gasteiger partial charge in [-0.05, 0) is 37.1 Å². The number of hydrogen-bond acceptors (Lipinski definition) is 3. The van der Waals surface area contributed by atoms with Crippen LogP contribution in [0.4, 0.5) is 5.69 Å². The number of benzene rings is 1. The maximum Gasteiger partial charge on any atom is 0.224 e. The molecule has 1 rings (SSSR count). The van der Waals surface area contributed by atoms with Crippen LogP contribution < -0.4 is 10.6 Å². The molecule has 1 aromatic rings. The van der Waals surface area contributed by atoms with Gasteiger partial charge in [0.05, 0.1) is 0 Å². The Morgan fingerprint density at radius 2 is 1.70 bits per heavy atom. The molecule has 0 atom stereocenters. The van der Waals surface area contributed by atoms with Crippen LogP contribution in [-0.2, 0) is 14.3 Å². The van der Waals surface area contributed by atoms with Gasteiger partial charge in [0, 0.05) is 43.3 Å². The van der Waals surface area contributed by atoms with E-state index >= 15 is 0 Å². The van der Waals surface area contributed by atoms with Gasteiger partial charge in [-0.2, -0.15) is 0 Å². The number of amides is 2. The Bertz CT molecular complexity index is 477. The smallest absolute Gasteiger partial charge is 0.224 e. The Morgan fingerprint density at radius 3 is 2.39 bits per heavy atom. The van der Waals surface area contributed by atoms with Crippen molar-refractivity contribution in [1.29, 1.82) is 0 Å². The first-order valence-corrected chi connectivity index (χ1v) is 8.39. The predicted molar refractivity (Wildman–Crippen MR) is 92.7 cm³/mol. The van der Waals surface area contributed by atoms with Crippen LogP contribution >= 0.6 is 11.6 Å².